The third-order valence-corrected chi connectivity index (χ3v) is 4.71. The first-order valence-corrected chi connectivity index (χ1v) is 8.31. The van der Waals surface area contributed by atoms with E-state index in [4.69, 9.17) is 5.73 Å². The summed E-state index contributed by atoms with van der Waals surface area (Å²) < 4.78 is 1.20. The minimum Gasteiger partial charge on any atom is -0.328 e. The second-order valence-electron chi connectivity index (χ2n) is 5.44. The SMILES string of the molecule is CC(N)CCCC(C)CN(C)Cc1cc(Br)cs1. The van der Waals surface area contributed by atoms with Crippen molar-refractivity contribution in [1.82, 2.24) is 4.90 Å². The zero-order valence-corrected chi connectivity index (χ0v) is 14.1. The first-order chi connectivity index (χ1) is 8.47. The van der Waals surface area contributed by atoms with E-state index < -0.39 is 0 Å². The molecule has 0 spiro atoms. The Morgan fingerprint density at radius 2 is 2.11 bits per heavy atom. The van der Waals surface area contributed by atoms with Crippen molar-refractivity contribution in [2.75, 3.05) is 13.6 Å². The van der Waals surface area contributed by atoms with Gasteiger partial charge in [0.2, 0.25) is 0 Å². The van der Waals surface area contributed by atoms with Gasteiger partial charge in [0.1, 0.15) is 0 Å². The molecule has 2 unspecified atom stereocenters. The fraction of sp³-hybridized carbons (Fsp3) is 0.714. The van der Waals surface area contributed by atoms with Gasteiger partial charge in [-0.15, -0.1) is 11.3 Å². The highest BCUT2D eigenvalue weighted by atomic mass is 79.9. The van der Waals surface area contributed by atoms with E-state index >= 15 is 0 Å². The fourth-order valence-corrected chi connectivity index (χ4v) is 3.71. The van der Waals surface area contributed by atoms with Crippen LogP contribution in [0, 0.1) is 5.92 Å². The Balaban J connectivity index is 2.20. The minimum atomic E-state index is 0.346. The molecule has 0 bridgehead atoms. The summed E-state index contributed by atoms with van der Waals surface area (Å²) in [6, 6.07) is 2.56. The highest BCUT2D eigenvalue weighted by Crippen LogP contribution is 2.21. The summed E-state index contributed by atoms with van der Waals surface area (Å²) in [6.07, 6.45) is 3.67. The number of nitrogens with zero attached hydrogens (tertiary/aromatic N) is 1. The van der Waals surface area contributed by atoms with Crippen molar-refractivity contribution in [3.05, 3.63) is 20.8 Å². The maximum atomic E-state index is 5.77. The first-order valence-electron chi connectivity index (χ1n) is 6.64. The Bertz CT molecular complexity index is 338. The molecule has 0 radical (unpaired) electrons. The Morgan fingerprint density at radius 3 is 2.67 bits per heavy atom. The maximum Gasteiger partial charge on any atom is 0.0325 e. The van der Waals surface area contributed by atoms with Crippen molar-refractivity contribution >= 4 is 27.3 Å². The molecule has 1 heterocycles. The van der Waals surface area contributed by atoms with E-state index in [1.165, 1.54) is 22.2 Å². The fourth-order valence-electron chi connectivity index (χ4n) is 2.18. The average molecular weight is 333 g/mol. The third kappa shape index (κ3) is 6.88. The van der Waals surface area contributed by atoms with Crippen LogP contribution in [0.3, 0.4) is 0 Å². The summed E-state index contributed by atoms with van der Waals surface area (Å²) >= 11 is 5.32. The summed E-state index contributed by atoms with van der Waals surface area (Å²) in [4.78, 5) is 3.83. The Hall–Kier alpha value is 0.1000. The smallest absolute Gasteiger partial charge is 0.0325 e. The second kappa shape index (κ2) is 8.31. The molecule has 2 nitrogen and oxygen atoms in total. The van der Waals surface area contributed by atoms with Crippen molar-refractivity contribution < 1.29 is 0 Å². The van der Waals surface area contributed by atoms with E-state index in [0.717, 1.165) is 25.4 Å². The minimum absolute atomic E-state index is 0.346. The van der Waals surface area contributed by atoms with Crippen LogP contribution in [0.4, 0.5) is 0 Å². The molecule has 0 aliphatic carbocycles. The lowest BCUT2D eigenvalue weighted by Crippen LogP contribution is -2.24. The summed E-state index contributed by atoms with van der Waals surface area (Å²) in [5, 5.41) is 2.15. The number of hydrogen-bond donors (Lipinski definition) is 1. The summed E-state index contributed by atoms with van der Waals surface area (Å²) in [5.74, 6) is 0.747. The van der Waals surface area contributed by atoms with Crippen LogP contribution in [0.2, 0.25) is 0 Å². The summed E-state index contributed by atoms with van der Waals surface area (Å²) in [6.45, 7) is 6.63. The quantitative estimate of drug-likeness (QED) is 0.776. The zero-order valence-electron chi connectivity index (χ0n) is 11.7. The molecule has 4 heteroatoms. The van der Waals surface area contributed by atoms with Crippen LogP contribution in [0.25, 0.3) is 0 Å². The van der Waals surface area contributed by atoms with E-state index in [1.807, 2.05) is 11.3 Å². The largest absolute Gasteiger partial charge is 0.328 e. The zero-order chi connectivity index (χ0) is 13.5. The van der Waals surface area contributed by atoms with Crippen molar-refractivity contribution in [3.8, 4) is 0 Å². The molecule has 0 aliphatic rings. The van der Waals surface area contributed by atoms with Gasteiger partial charge in [0.15, 0.2) is 0 Å². The molecule has 2 atom stereocenters. The average Bonchev–Trinajstić information content (AvgIpc) is 2.62. The molecule has 104 valence electrons. The van der Waals surface area contributed by atoms with Gasteiger partial charge in [0.05, 0.1) is 0 Å². The van der Waals surface area contributed by atoms with E-state index in [0.29, 0.717) is 6.04 Å². The molecule has 1 aromatic rings. The Morgan fingerprint density at radius 1 is 1.39 bits per heavy atom. The predicted octanol–water partition coefficient (Wildman–Crippen LogP) is 4.10. The molecule has 0 aromatic carbocycles. The van der Waals surface area contributed by atoms with Gasteiger partial charge in [-0.25, -0.2) is 0 Å². The normalized spacial score (nSPS) is 15.0. The number of rotatable bonds is 8. The molecule has 0 fully saturated rings. The molecule has 1 rings (SSSR count). The van der Waals surface area contributed by atoms with Crippen molar-refractivity contribution in [3.63, 3.8) is 0 Å². The number of nitrogens with two attached hydrogens (primary N) is 1. The molecule has 18 heavy (non-hydrogen) atoms. The van der Waals surface area contributed by atoms with Gasteiger partial charge in [-0.2, -0.15) is 0 Å². The summed E-state index contributed by atoms with van der Waals surface area (Å²) in [7, 11) is 2.20. The third-order valence-electron chi connectivity index (χ3n) is 3.03. The lowest BCUT2D eigenvalue weighted by molar-refractivity contribution is 0.269. The van der Waals surface area contributed by atoms with Crippen LogP contribution >= 0.6 is 27.3 Å². The lowest BCUT2D eigenvalue weighted by atomic mass is 10.0. The molecule has 0 aliphatic heterocycles. The van der Waals surface area contributed by atoms with Crippen LogP contribution in [0.5, 0.6) is 0 Å². The van der Waals surface area contributed by atoms with Crippen molar-refractivity contribution in [2.24, 2.45) is 11.7 Å². The van der Waals surface area contributed by atoms with Crippen molar-refractivity contribution in [2.45, 2.75) is 45.7 Å². The molecule has 0 saturated heterocycles. The molecule has 0 saturated carbocycles. The monoisotopic (exact) mass is 332 g/mol. The predicted molar refractivity (Wildman–Crippen MR) is 85.0 cm³/mol. The van der Waals surface area contributed by atoms with Gasteiger partial charge in [-0.05, 0) is 54.7 Å². The van der Waals surface area contributed by atoms with Crippen LogP contribution in [-0.4, -0.2) is 24.5 Å². The number of halogens is 1. The van der Waals surface area contributed by atoms with Gasteiger partial charge in [-0.1, -0.05) is 13.3 Å². The van der Waals surface area contributed by atoms with Crippen LogP contribution in [0.1, 0.15) is 38.0 Å². The first kappa shape index (κ1) is 16.2. The Labute approximate surface area is 124 Å². The van der Waals surface area contributed by atoms with E-state index in [1.54, 1.807) is 0 Å². The summed E-state index contributed by atoms with van der Waals surface area (Å²) in [5.41, 5.74) is 5.77. The maximum absolute atomic E-state index is 5.77. The lowest BCUT2D eigenvalue weighted by Gasteiger charge is -2.21. The van der Waals surface area contributed by atoms with E-state index in [2.05, 4.69) is 53.2 Å². The van der Waals surface area contributed by atoms with E-state index in [-0.39, 0.29) is 0 Å². The highest BCUT2D eigenvalue weighted by Gasteiger charge is 2.08. The van der Waals surface area contributed by atoms with Gasteiger partial charge >= 0.3 is 0 Å². The van der Waals surface area contributed by atoms with Crippen LogP contribution in [-0.2, 0) is 6.54 Å². The van der Waals surface area contributed by atoms with Crippen LogP contribution in [0.15, 0.2) is 15.9 Å². The highest BCUT2D eigenvalue weighted by molar-refractivity contribution is 9.10. The Kier molecular flexibility index (Phi) is 7.46. The topological polar surface area (TPSA) is 29.3 Å². The van der Waals surface area contributed by atoms with E-state index in [9.17, 15) is 0 Å². The molecular weight excluding hydrogens is 308 g/mol. The number of thiophene rings is 1. The van der Waals surface area contributed by atoms with Gasteiger partial charge < -0.3 is 10.6 Å². The standard InChI is InChI=1S/C14H25BrN2S/c1-11(5-4-6-12(2)16)8-17(3)9-14-7-13(15)10-18-14/h7,10-12H,4-6,8-9,16H2,1-3H3. The van der Waals surface area contributed by atoms with Crippen LogP contribution < -0.4 is 5.73 Å². The second-order valence-corrected chi connectivity index (χ2v) is 7.35. The van der Waals surface area contributed by atoms with Gasteiger partial charge in [-0.3, -0.25) is 0 Å². The molecule has 1 aromatic heterocycles. The molecule has 0 amide bonds. The van der Waals surface area contributed by atoms with Gasteiger partial charge in [0.25, 0.3) is 0 Å². The molecular formula is C14H25BrN2S. The number of hydrogen-bond acceptors (Lipinski definition) is 3. The van der Waals surface area contributed by atoms with Gasteiger partial charge in [0, 0.05) is 33.9 Å². The van der Waals surface area contributed by atoms with Crippen molar-refractivity contribution in [1.29, 1.82) is 0 Å². The molecule has 2 N–H and O–H groups in total.